The Kier molecular flexibility index (Phi) is 8.04. The number of nitrogens with zero attached hydrogens (tertiary/aromatic N) is 7. The minimum atomic E-state index is -0.501. The number of piperazine rings is 2. The average molecular weight is 461 g/mol. The molecule has 3 amide bonds. The first-order valence-electron chi connectivity index (χ1n) is 11.0. The van der Waals surface area contributed by atoms with E-state index in [9.17, 15) is 14.4 Å². The van der Waals surface area contributed by atoms with Gasteiger partial charge in [-0.3, -0.25) is 0 Å². The van der Waals surface area contributed by atoms with E-state index in [-0.39, 0.29) is 18.2 Å². The van der Waals surface area contributed by atoms with E-state index in [1.54, 1.807) is 51.6 Å². The molecule has 0 atom stereocenters. The molecule has 180 valence electrons. The molecule has 12 nitrogen and oxygen atoms in total. The van der Waals surface area contributed by atoms with Crippen LogP contribution in [0.4, 0.5) is 14.4 Å². The zero-order valence-electron chi connectivity index (χ0n) is 19.4. The van der Waals surface area contributed by atoms with Crippen LogP contribution in [-0.2, 0) is 4.74 Å². The molecule has 2 saturated heterocycles. The molecule has 0 unspecified atom stereocenters. The molecule has 4 rings (SSSR count). The monoisotopic (exact) mass is 460 g/mol. The van der Waals surface area contributed by atoms with Gasteiger partial charge >= 0.3 is 18.2 Å². The Balaban J connectivity index is 0.000000203. The number of ether oxygens (including phenoxy) is 1. The van der Waals surface area contributed by atoms with Crippen molar-refractivity contribution in [2.75, 3.05) is 52.4 Å². The lowest BCUT2D eigenvalue weighted by molar-refractivity contribution is 0.0169. The van der Waals surface area contributed by atoms with Gasteiger partial charge in [-0.15, -0.1) is 0 Å². The summed E-state index contributed by atoms with van der Waals surface area (Å²) in [6.45, 7) is 10.7. The van der Waals surface area contributed by atoms with Crippen LogP contribution in [0.1, 0.15) is 20.8 Å². The SMILES string of the molecule is CC(C)(C)OC(=O)N1CCN(C(=O)n2cccn2)CC1.O=C(N1CCNCC1)n1cccn1. The van der Waals surface area contributed by atoms with Crippen molar-refractivity contribution in [2.45, 2.75) is 26.4 Å². The molecule has 0 aliphatic carbocycles. The Morgan fingerprint density at radius 1 is 0.758 bits per heavy atom. The molecule has 2 aliphatic heterocycles. The number of amides is 3. The molecule has 2 aromatic rings. The van der Waals surface area contributed by atoms with Gasteiger partial charge in [0.2, 0.25) is 0 Å². The average Bonchev–Trinajstić information content (AvgIpc) is 3.53. The molecule has 1 N–H and O–H groups in total. The molecule has 2 aromatic heterocycles. The van der Waals surface area contributed by atoms with Crippen molar-refractivity contribution in [3.8, 4) is 0 Å². The van der Waals surface area contributed by atoms with Crippen LogP contribution in [-0.4, -0.2) is 110 Å². The molecule has 0 bridgehead atoms. The lowest BCUT2D eigenvalue weighted by Crippen LogP contribution is -2.52. The zero-order chi connectivity index (χ0) is 23.8. The Labute approximate surface area is 193 Å². The minimum absolute atomic E-state index is 0.0356. The van der Waals surface area contributed by atoms with Crippen LogP contribution in [0.5, 0.6) is 0 Å². The van der Waals surface area contributed by atoms with Crippen molar-refractivity contribution >= 4 is 18.2 Å². The maximum absolute atomic E-state index is 12.1. The first kappa shape index (κ1) is 24.2. The van der Waals surface area contributed by atoms with Crippen LogP contribution in [0.3, 0.4) is 0 Å². The van der Waals surface area contributed by atoms with E-state index in [2.05, 4.69) is 15.5 Å². The predicted octanol–water partition coefficient (Wildman–Crippen LogP) is 1.16. The Hall–Kier alpha value is -3.41. The summed E-state index contributed by atoms with van der Waals surface area (Å²) in [6.07, 6.45) is 6.13. The fraction of sp³-hybridized carbons (Fsp3) is 0.571. The largest absolute Gasteiger partial charge is 0.444 e. The first-order chi connectivity index (χ1) is 15.7. The summed E-state index contributed by atoms with van der Waals surface area (Å²) in [4.78, 5) is 40.7. The van der Waals surface area contributed by atoms with E-state index in [1.807, 2.05) is 20.8 Å². The maximum Gasteiger partial charge on any atom is 0.410 e. The highest BCUT2D eigenvalue weighted by Crippen LogP contribution is 2.12. The summed E-state index contributed by atoms with van der Waals surface area (Å²) in [7, 11) is 0. The summed E-state index contributed by atoms with van der Waals surface area (Å²) in [6, 6.07) is 3.25. The minimum Gasteiger partial charge on any atom is -0.444 e. The second-order valence-corrected chi connectivity index (χ2v) is 8.66. The third-order valence-corrected chi connectivity index (χ3v) is 4.99. The van der Waals surface area contributed by atoms with E-state index in [4.69, 9.17) is 4.74 Å². The van der Waals surface area contributed by atoms with Gasteiger partial charge in [0.05, 0.1) is 0 Å². The molecule has 4 heterocycles. The molecule has 0 aromatic carbocycles. The topological polar surface area (TPSA) is 118 Å². The van der Waals surface area contributed by atoms with Gasteiger partial charge in [-0.1, -0.05) is 0 Å². The Morgan fingerprint density at radius 3 is 1.64 bits per heavy atom. The second kappa shape index (κ2) is 10.9. The fourth-order valence-electron chi connectivity index (χ4n) is 3.32. The maximum atomic E-state index is 12.1. The normalized spacial score (nSPS) is 16.6. The van der Waals surface area contributed by atoms with Crippen LogP contribution >= 0.6 is 0 Å². The van der Waals surface area contributed by atoms with Gasteiger partial charge in [0.15, 0.2) is 0 Å². The van der Waals surface area contributed by atoms with Gasteiger partial charge in [0.25, 0.3) is 0 Å². The number of carbonyl (C=O) groups excluding carboxylic acids is 3. The molecular weight excluding hydrogens is 428 g/mol. The van der Waals surface area contributed by atoms with E-state index in [0.717, 1.165) is 26.2 Å². The number of nitrogens with one attached hydrogen (secondary N) is 1. The molecule has 0 spiro atoms. The summed E-state index contributed by atoms with van der Waals surface area (Å²) >= 11 is 0. The highest BCUT2D eigenvalue weighted by Gasteiger charge is 2.28. The lowest BCUT2D eigenvalue weighted by atomic mass is 10.2. The van der Waals surface area contributed by atoms with Crippen LogP contribution in [0, 0.1) is 0 Å². The second-order valence-electron chi connectivity index (χ2n) is 8.66. The van der Waals surface area contributed by atoms with Gasteiger partial charge < -0.3 is 24.8 Å². The van der Waals surface area contributed by atoms with Crippen molar-refractivity contribution in [2.24, 2.45) is 0 Å². The number of rotatable bonds is 0. The zero-order valence-corrected chi connectivity index (χ0v) is 19.4. The molecular formula is C21H32N8O4. The van der Waals surface area contributed by atoms with Crippen LogP contribution in [0.25, 0.3) is 0 Å². The van der Waals surface area contributed by atoms with Crippen LogP contribution < -0.4 is 5.32 Å². The number of carbonyl (C=O) groups is 3. The van der Waals surface area contributed by atoms with Crippen molar-refractivity contribution in [3.05, 3.63) is 36.9 Å². The molecule has 2 aliphatic rings. The Morgan fingerprint density at radius 2 is 1.21 bits per heavy atom. The predicted molar refractivity (Wildman–Crippen MR) is 120 cm³/mol. The van der Waals surface area contributed by atoms with Crippen LogP contribution in [0.15, 0.2) is 36.9 Å². The van der Waals surface area contributed by atoms with E-state index in [1.165, 1.54) is 9.36 Å². The van der Waals surface area contributed by atoms with Crippen molar-refractivity contribution in [1.29, 1.82) is 0 Å². The third kappa shape index (κ3) is 7.04. The van der Waals surface area contributed by atoms with Gasteiger partial charge in [-0.2, -0.15) is 19.6 Å². The highest BCUT2D eigenvalue weighted by atomic mass is 16.6. The van der Waals surface area contributed by atoms with Gasteiger partial charge in [0, 0.05) is 77.1 Å². The van der Waals surface area contributed by atoms with Gasteiger partial charge in [0.1, 0.15) is 5.60 Å². The first-order valence-corrected chi connectivity index (χ1v) is 11.0. The summed E-state index contributed by atoms with van der Waals surface area (Å²) in [5, 5.41) is 11.0. The van der Waals surface area contributed by atoms with Gasteiger partial charge in [-0.05, 0) is 32.9 Å². The fourth-order valence-corrected chi connectivity index (χ4v) is 3.32. The summed E-state index contributed by atoms with van der Waals surface area (Å²) in [5.41, 5.74) is -0.501. The molecule has 2 fully saturated rings. The number of aromatic nitrogens is 4. The smallest absolute Gasteiger partial charge is 0.410 e. The van der Waals surface area contributed by atoms with E-state index >= 15 is 0 Å². The summed E-state index contributed by atoms with van der Waals surface area (Å²) < 4.78 is 7.97. The van der Waals surface area contributed by atoms with Crippen molar-refractivity contribution < 1.29 is 19.1 Å². The Bertz CT molecular complexity index is 893. The molecule has 33 heavy (non-hydrogen) atoms. The van der Waals surface area contributed by atoms with Gasteiger partial charge in [-0.25, -0.2) is 14.4 Å². The molecule has 0 radical (unpaired) electrons. The van der Waals surface area contributed by atoms with Crippen LogP contribution in [0.2, 0.25) is 0 Å². The van der Waals surface area contributed by atoms with E-state index < -0.39 is 5.60 Å². The quantitative estimate of drug-likeness (QED) is 0.627. The number of hydrogen-bond acceptors (Lipinski definition) is 7. The summed E-state index contributed by atoms with van der Waals surface area (Å²) in [5.74, 6) is 0. The standard InChI is InChI=1S/C13H20N4O3.C8H12N4O/c1-13(2,3)20-12(19)16-9-7-15(8-10-16)11(18)17-6-4-5-14-17;13-8(12-5-1-2-10-12)11-6-3-9-4-7-11/h4-6H,7-10H2,1-3H3;1-2,5,9H,3-4,6-7H2. The van der Waals surface area contributed by atoms with Crippen molar-refractivity contribution in [1.82, 2.24) is 39.6 Å². The third-order valence-electron chi connectivity index (χ3n) is 4.99. The lowest BCUT2D eigenvalue weighted by Gasteiger charge is -2.35. The molecule has 0 saturated carbocycles. The van der Waals surface area contributed by atoms with E-state index in [0.29, 0.717) is 26.2 Å². The number of hydrogen-bond donors (Lipinski definition) is 1. The highest BCUT2D eigenvalue weighted by molar-refractivity contribution is 5.76. The molecule has 12 heteroatoms. The van der Waals surface area contributed by atoms with Crippen molar-refractivity contribution in [3.63, 3.8) is 0 Å².